The molecule has 3 rings (SSSR count). The molecule has 0 bridgehead atoms. The largest absolute Gasteiger partial charge is 0.399 e. The summed E-state index contributed by atoms with van der Waals surface area (Å²) in [6, 6.07) is 3.33. The monoisotopic (exact) mass is 436 g/mol. The molecular weight excluding hydrogens is 417 g/mol. The van der Waals surface area contributed by atoms with Gasteiger partial charge in [-0.3, -0.25) is 20.1 Å². The van der Waals surface area contributed by atoms with E-state index in [1.165, 1.54) is 17.5 Å². The molecule has 10 heteroatoms. The first-order chi connectivity index (χ1) is 13.9. The number of nitro benzene ring substituents is 1. The number of nitrogens with zero attached hydrogens (tertiary/aromatic N) is 4. The van der Waals surface area contributed by atoms with Crippen LogP contribution in [0.4, 0.5) is 18.9 Å². The molecule has 30 heavy (non-hydrogen) atoms. The summed E-state index contributed by atoms with van der Waals surface area (Å²) in [6.07, 6.45) is -1.52. The maximum atomic E-state index is 13.2. The normalized spacial score (nSPS) is 12.2. The lowest BCUT2D eigenvalue weighted by Crippen LogP contribution is -2.37. The summed E-state index contributed by atoms with van der Waals surface area (Å²) in [4.78, 5) is 23.2. The van der Waals surface area contributed by atoms with Crippen molar-refractivity contribution in [3.63, 3.8) is 0 Å². The standard InChI is InChI=1S/C20H19F3N4O2S/c1-11-6-16(27(28)29)12(2)5-13(11)7-18-26-15(10-30-18)14-8-25-17(9-24-14)19(3,4)20(21,22)23/h5-6,8-10H,7H2,1-4H3. The van der Waals surface area contributed by atoms with Crippen molar-refractivity contribution in [2.24, 2.45) is 0 Å². The van der Waals surface area contributed by atoms with Crippen molar-refractivity contribution < 1.29 is 18.1 Å². The van der Waals surface area contributed by atoms with Crippen molar-refractivity contribution in [3.8, 4) is 11.4 Å². The van der Waals surface area contributed by atoms with E-state index >= 15 is 0 Å². The van der Waals surface area contributed by atoms with Gasteiger partial charge >= 0.3 is 6.18 Å². The molecule has 0 atom stereocenters. The highest BCUT2D eigenvalue weighted by Crippen LogP contribution is 2.39. The van der Waals surface area contributed by atoms with Gasteiger partial charge in [0.25, 0.3) is 5.69 Å². The van der Waals surface area contributed by atoms with Crippen LogP contribution in [-0.2, 0) is 11.8 Å². The smallest absolute Gasteiger partial charge is 0.258 e. The van der Waals surface area contributed by atoms with Crippen molar-refractivity contribution in [2.75, 3.05) is 0 Å². The number of hydrogen-bond acceptors (Lipinski definition) is 6. The second-order valence-electron chi connectivity index (χ2n) is 7.54. The lowest BCUT2D eigenvalue weighted by molar-refractivity contribution is -0.385. The highest BCUT2D eigenvalue weighted by atomic mass is 32.1. The van der Waals surface area contributed by atoms with Gasteiger partial charge in [0.1, 0.15) is 16.8 Å². The fourth-order valence-corrected chi connectivity index (χ4v) is 3.66. The highest BCUT2D eigenvalue weighted by Gasteiger charge is 2.49. The predicted molar refractivity (Wildman–Crippen MR) is 108 cm³/mol. The van der Waals surface area contributed by atoms with Crippen LogP contribution in [0.3, 0.4) is 0 Å². The SMILES string of the molecule is Cc1cc([N+](=O)[O-])c(C)cc1Cc1nc(-c2cnc(C(C)(C)C(F)(F)F)cn2)cs1. The Kier molecular flexibility index (Phi) is 5.64. The highest BCUT2D eigenvalue weighted by molar-refractivity contribution is 7.10. The number of alkyl halides is 3. The van der Waals surface area contributed by atoms with Crippen LogP contribution in [0.5, 0.6) is 0 Å². The molecule has 3 aromatic rings. The van der Waals surface area contributed by atoms with Gasteiger partial charge in [0.2, 0.25) is 0 Å². The van der Waals surface area contributed by atoms with Crippen LogP contribution in [-0.4, -0.2) is 26.1 Å². The summed E-state index contributed by atoms with van der Waals surface area (Å²) in [5.41, 5.74) is 1.02. The number of aromatic nitrogens is 3. The number of nitro groups is 1. The van der Waals surface area contributed by atoms with Crippen LogP contribution in [0.15, 0.2) is 29.9 Å². The van der Waals surface area contributed by atoms with Crippen LogP contribution in [0.2, 0.25) is 0 Å². The van der Waals surface area contributed by atoms with Crippen LogP contribution in [0.25, 0.3) is 11.4 Å². The Hall–Kier alpha value is -2.88. The quantitative estimate of drug-likeness (QED) is 0.387. The zero-order valence-corrected chi connectivity index (χ0v) is 17.6. The molecule has 0 aliphatic carbocycles. The maximum absolute atomic E-state index is 13.2. The van der Waals surface area contributed by atoms with Gasteiger partial charge in [-0.15, -0.1) is 11.3 Å². The van der Waals surface area contributed by atoms with Crippen molar-refractivity contribution in [3.05, 3.63) is 67.4 Å². The molecule has 0 N–H and O–H groups in total. The van der Waals surface area contributed by atoms with E-state index in [1.807, 2.05) is 6.92 Å². The summed E-state index contributed by atoms with van der Waals surface area (Å²) in [5.74, 6) is 0. The number of rotatable bonds is 5. The lowest BCUT2D eigenvalue weighted by atomic mass is 9.89. The zero-order chi connectivity index (χ0) is 22.3. The van der Waals surface area contributed by atoms with Crippen LogP contribution in [0, 0.1) is 24.0 Å². The Morgan fingerprint density at radius 1 is 1.07 bits per heavy atom. The Morgan fingerprint density at radius 3 is 2.33 bits per heavy atom. The predicted octanol–water partition coefficient (Wildman–Crippen LogP) is 5.56. The van der Waals surface area contributed by atoms with E-state index in [4.69, 9.17) is 0 Å². The van der Waals surface area contributed by atoms with Gasteiger partial charge in [-0.05, 0) is 44.9 Å². The van der Waals surface area contributed by atoms with E-state index in [1.54, 1.807) is 24.4 Å². The summed E-state index contributed by atoms with van der Waals surface area (Å²) < 4.78 is 39.5. The summed E-state index contributed by atoms with van der Waals surface area (Å²) >= 11 is 1.39. The van der Waals surface area contributed by atoms with E-state index in [2.05, 4.69) is 15.0 Å². The third-order valence-electron chi connectivity index (χ3n) is 5.01. The lowest BCUT2D eigenvalue weighted by Gasteiger charge is -2.26. The minimum absolute atomic E-state index is 0.0771. The fourth-order valence-electron chi connectivity index (χ4n) is 2.85. The Morgan fingerprint density at radius 2 is 1.77 bits per heavy atom. The van der Waals surface area contributed by atoms with E-state index < -0.39 is 16.5 Å². The molecule has 2 aromatic heterocycles. The molecule has 0 spiro atoms. The zero-order valence-electron chi connectivity index (χ0n) is 16.7. The van der Waals surface area contributed by atoms with Gasteiger partial charge in [0.05, 0.1) is 28.0 Å². The third kappa shape index (κ3) is 4.18. The summed E-state index contributed by atoms with van der Waals surface area (Å²) in [7, 11) is 0. The summed E-state index contributed by atoms with van der Waals surface area (Å²) in [6.45, 7) is 5.62. The molecule has 0 saturated heterocycles. The molecule has 0 saturated carbocycles. The molecule has 0 aliphatic heterocycles. The van der Waals surface area contributed by atoms with Gasteiger partial charge in [-0.25, -0.2) is 4.98 Å². The van der Waals surface area contributed by atoms with Crippen LogP contribution >= 0.6 is 11.3 Å². The second kappa shape index (κ2) is 7.75. The van der Waals surface area contributed by atoms with Gasteiger partial charge in [0.15, 0.2) is 0 Å². The minimum Gasteiger partial charge on any atom is -0.258 e. The number of thiazole rings is 1. The minimum atomic E-state index is -4.43. The molecule has 2 heterocycles. The Balaban J connectivity index is 1.82. The maximum Gasteiger partial charge on any atom is 0.399 e. The van der Waals surface area contributed by atoms with Crippen LogP contribution in [0.1, 0.15) is 41.2 Å². The molecular formula is C20H19F3N4O2S. The van der Waals surface area contributed by atoms with Gasteiger partial charge in [-0.2, -0.15) is 13.2 Å². The second-order valence-corrected chi connectivity index (χ2v) is 8.48. The molecule has 0 amide bonds. The van der Waals surface area contributed by atoms with Crippen molar-refractivity contribution in [1.29, 1.82) is 0 Å². The average Bonchev–Trinajstić information content (AvgIpc) is 3.12. The number of hydrogen-bond donors (Lipinski definition) is 0. The average molecular weight is 436 g/mol. The van der Waals surface area contributed by atoms with E-state index in [-0.39, 0.29) is 11.4 Å². The van der Waals surface area contributed by atoms with Crippen molar-refractivity contribution in [2.45, 2.75) is 45.7 Å². The van der Waals surface area contributed by atoms with E-state index in [0.29, 0.717) is 23.4 Å². The molecule has 1 aromatic carbocycles. The molecule has 0 fully saturated rings. The van der Waals surface area contributed by atoms with Gasteiger partial charge in [-0.1, -0.05) is 0 Å². The van der Waals surface area contributed by atoms with Gasteiger partial charge in [0, 0.05) is 23.4 Å². The van der Waals surface area contributed by atoms with E-state index in [9.17, 15) is 23.3 Å². The summed E-state index contributed by atoms with van der Waals surface area (Å²) in [5, 5.41) is 13.6. The molecule has 0 unspecified atom stereocenters. The van der Waals surface area contributed by atoms with Gasteiger partial charge < -0.3 is 0 Å². The molecule has 0 aliphatic rings. The Labute approximate surface area is 175 Å². The van der Waals surface area contributed by atoms with E-state index in [0.717, 1.165) is 36.2 Å². The number of benzene rings is 1. The van der Waals surface area contributed by atoms with Crippen molar-refractivity contribution in [1.82, 2.24) is 15.0 Å². The first-order valence-corrected chi connectivity index (χ1v) is 9.86. The topological polar surface area (TPSA) is 81.8 Å². The number of aryl methyl sites for hydroxylation is 2. The first-order valence-electron chi connectivity index (χ1n) is 8.98. The fraction of sp³-hybridized carbons (Fsp3) is 0.350. The third-order valence-corrected chi connectivity index (χ3v) is 5.86. The molecule has 0 radical (unpaired) electrons. The number of halogens is 3. The van der Waals surface area contributed by atoms with Crippen molar-refractivity contribution >= 4 is 17.0 Å². The molecule has 6 nitrogen and oxygen atoms in total. The first kappa shape index (κ1) is 21.8. The Bertz CT molecular complexity index is 1090. The van der Waals surface area contributed by atoms with Crippen LogP contribution < -0.4 is 0 Å². The molecule has 158 valence electrons.